The molecular weight excluding hydrogens is 284 g/mol. The van der Waals surface area contributed by atoms with Crippen LogP contribution in [0, 0.1) is 11.8 Å². The molecule has 0 aliphatic rings. The van der Waals surface area contributed by atoms with Crippen LogP contribution in [-0.2, 0) is 11.2 Å². The van der Waals surface area contributed by atoms with Crippen LogP contribution in [0.2, 0.25) is 0 Å². The zero-order valence-electron chi connectivity index (χ0n) is 10.2. The molecule has 0 aromatic heterocycles. The lowest BCUT2D eigenvalue weighted by molar-refractivity contribution is -0.143. The molecule has 3 nitrogen and oxygen atoms in total. The topological polar surface area (TPSA) is 46.5 Å². The molecule has 4 heteroatoms. The largest absolute Gasteiger partial charge is 0.496 e. The zero-order valence-corrected chi connectivity index (χ0v) is 11.8. The van der Waals surface area contributed by atoms with Gasteiger partial charge >= 0.3 is 5.97 Å². The lowest BCUT2D eigenvalue weighted by atomic mass is 9.89. The van der Waals surface area contributed by atoms with Gasteiger partial charge in [0, 0.05) is 0 Å². The first-order valence-corrected chi connectivity index (χ1v) is 6.30. The van der Waals surface area contributed by atoms with Crippen LogP contribution >= 0.6 is 15.9 Å². The van der Waals surface area contributed by atoms with Crippen LogP contribution in [0.25, 0.3) is 0 Å². The highest BCUT2D eigenvalue weighted by molar-refractivity contribution is 9.10. The van der Waals surface area contributed by atoms with Crippen LogP contribution in [0.4, 0.5) is 0 Å². The van der Waals surface area contributed by atoms with E-state index >= 15 is 0 Å². The highest BCUT2D eigenvalue weighted by atomic mass is 79.9. The van der Waals surface area contributed by atoms with E-state index in [2.05, 4.69) is 15.9 Å². The van der Waals surface area contributed by atoms with Crippen molar-refractivity contribution in [2.45, 2.75) is 20.3 Å². The predicted octanol–water partition coefficient (Wildman–Crippen LogP) is 3.36. The van der Waals surface area contributed by atoms with E-state index in [4.69, 9.17) is 9.84 Å². The minimum atomic E-state index is -0.744. The maximum Gasteiger partial charge on any atom is 0.307 e. The first-order chi connectivity index (χ1) is 7.95. The summed E-state index contributed by atoms with van der Waals surface area (Å²) in [5.41, 5.74) is 0.999. The first-order valence-electron chi connectivity index (χ1n) is 5.51. The third-order valence-electron chi connectivity index (χ3n) is 2.79. The second kappa shape index (κ2) is 6.05. The molecule has 0 heterocycles. The SMILES string of the molecule is COc1ccc(CC(C(=O)O)C(C)C)cc1Br. The third kappa shape index (κ3) is 3.73. The molecule has 0 bridgehead atoms. The summed E-state index contributed by atoms with van der Waals surface area (Å²) in [5, 5.41) is 9.14. The maximum absolute atomic E-state index is 11.1. The van der Waals surface area contributed by atoms with E-state index in [9.17, 15) is 4.79 Å². The van der Waals surface area contributed by atoms with Crippen molar-refractivity contribution >= 4 is 21.9 Å². The number of hydrogen-bond acceptors (Lipinski definition) is 2. The first kappa shape index (κ1) is 14.0. The molecule has 0 spiro atoms. The van der Waals surface area contributed by atoms with Crippen LogP contribution in [0.1, 0.15) is 19.4 Å². The molecule has 1 unspecified atom stereocenters. The van der Waals surface area contributed by atoms with Crippen molar-refractivity contribution < 1.29 is 14.6 Å². The minimum Gasteiger partial charge on any atom is -0.496 e. The number of methoxy groups -OCH3 is 1. The van der Waals surface area contributed by atoms with Gasteiger partial charge in [0.25, 0.3) is 0 Å². The summed E-state index contributed by atoms with van der Waals surface area (Å²) in [6, 6.07) is 5.66. The van der Waals surface area contributed by atoms with Gasteiger partial charge in [-0.05, 0) is 46.0 Å². The number of benzene rings is 1. The number of carboxylic acid groups (broad SMARTS) is 1. The number of carbonyl (C=O) groups is 1. The Morgan fingerprint density at radius 2 is 2.12 bits per heavy atom. The Balaban J connectivity index is 2.87. The molecule has 94 valence electrons. The fourth-order valence-corrected chi connectivity index (χ4v) is 2.29. The zero-order chi connectivity index (χ0) is 13.0. The summed E-state index contributed by atoms with van der Waals surface area (Å²) in [6.07, 6.45) is 0.537. The summed E-state index contributed by atoms with van der Waals surface area (Å²) < 4.78 is 5.99. The van der Waals surface area contributed by atoms with Gasteiger partial charge in [-0.15, -0.1) is 0 Å². The molecule has 17 heavy (non-hydrogen) atoms. The van der Waals surface area contributed by atoms with E-state index < -0.39 is 5.97 Å². The third-order valence-corrected chi connectivity index (χ3v) is 3.41. The number of ether oxygens (including phenoxy) is 1. The van der Waals surface area contributed by atoms with E-state index in [1.807, 2.05) is 32.0 Å². The Bertz CT molecular complexity index is 402. The summed E-state index contributed by atoms with van der Waals surface area (Å²) in [4.78, 5) is 11.1. The van der Waals surface area contributed by atoms with E-state index in [1.54, 1.807) is 7.11 Å². The molecule has 1 N–H and O–H groups in total. The Hall–Kier alpha value is -1.03. The quantitative estimate of drug-likeness (QED) is 0.907. The number of carboxylic acids is 1. The van der Waals surface area contributed by atoms with Gasteiger partial charge in [0.1, 0.15) is 5.75 Å². The van der Waals surface area contributed by atoms with Crippen molar-refractivity contribution in [2.24, 2.45) is 11.8 Å². The smallest absolute Gasteiger partial charge is 0.307 e. The van der Waals surface area contributed by atoms with Crippen molar-refractivity contribution in [3.63, 3.8) is 0 Å². The van der Waals surface area contributed by atoms with Gasteiger partial charge in [0.05, 0.1) is 17.5 Å². The molecule has 0 aliphatic carbocycles. The molecule has 0 aliphatic heterocycles. The molecule has 1 aromatic rings. The fourth-order valence-electron chi connectivity index (χ4n) is 1.70. The minimum absolute atomic E-state index is 0.119. The molecule has 0 saturated carbocycles. The van der Waals surface area contributed by atoms with Gasteiger partial charge in [-0.1, -0.05) is 19.9 Å². The van der Waals surface area contributed by atoms with E-state index in [0.29, 0.717) is 6.42 Å². The van der Waals surface area contributed by atoms with Crippen molar-refractivity contribution in [1.82, 2.24) is 0 Å². The van der Waals surface area contributed by atoms with Gasteiger partial charge in [-0.2, -0.15) is 0 Å². The number of rotatable bonds is 5. The Morgan fingerprint density at radius 1 is 1.47 bits per heavy atom. The Kier molecular flexibility index (Phi) is 5.00. The van der Waals surface area contributed by atoms with Gasteiger partial charge < -0.3 is 9.84 Å². The summed E-state index contributed by atoms with van der Waals surface area (Å²) >= 11 is 3.40. The normalized spacial score (nSPS) is 12.5. The van der Waals surface area contributed by atoms with Crippen LogP contribution in [0.3, 0.4) is 0 Å². The lowest BCUT2D eigenvalue weighted by Crippen LogP contribution is -2.22. The average Bonchev–Trinajstić information content (AvgIpc) is 2.25. The van der Waals surface area contributed by atoms with Crippen LogP contribution in [0.15, 0.2) is 22.7 Å². The van der Waals surface area contributed by atoms with Gasteiger partial charge in [0.2, 0.25) is 0 Å². The highest BCUT2D eigenvalue weighted by Crippen LogP contribution is 2.27. The van der Waals surface area contributed by atoms with E-state index in [1.165, 1.54) is 0 Å². The van der Waals surface area contributed by atoms with Crippen LogP contribution < -0.4 is 4.74 Å². The Labute approximate surface area is 110 Å². The molecule has 0 amide bonds. The molecule has 0 saturated heterocycles. The Morgan fingerprint density at radius 3 is 2.53 bits per heavy atom. The molecule has 1 atom stereocenters. The average molecular weight is 301 g/mol. The van der Waals surface area contributed by atoms with Crippen LogP contribution in [-0.4, -0.2) is 18.2 Å². The highest BCUT2D eigenvalue weighted by Gasteiger charge is 2.21. The van der Waals surface area contributed by atoms with Crippen molar-refractivity contribution in [2.75, 3.05) is 7.11 Å². The summed E-state index contributed by atoms with van der Waals surface area (Å²) in [7, 11) is 1.61. The number of hydrogen-bond donors (Lipinski definition) is 1. The standard InChI is InChI=1S/C13H17BrO3/c1-8(2)10(13(15)16)6-9-4-5-12(17-3)11(14)7-9/h4-5,7-8,10H,6H2,1-3H3,(H,15,16). The van der Waals surface area contributed by atoms with Gasteiger partial charge in [-0.3, -0.25) is 4.79 Å². The summed E-state index contributed by atoms with van der Waals surface area (Å²) in [6.45, 7) is 3.86. The fraction of sp³-hybridized carbons (Fsp3) is 0.462. The van der Waals surface area contributed by atoms with Gasteiger partial charge in [0.15, 0.2) is 0 Å². The molecule has 0 radical (unpaired) electrons. The lowest BCUT2D eigenvalue weighted by Gasteiger charge is -2.16. The monoisotopic (exact) mass is 300 g/mol. The van der Waals surface area contributed by atoms with Crippen LogP contribution in [0.5, 0.6) is 5.75 Å². The number of aliphatic carboxylic acids is 1. The van der Waals surface area contributed by atoms with Crippen molar-refractivity contribution in [3.05, 3.63) is 28.2 Å². The molecular formula is C13H17BrO3. The number of halogens is 1. The van der Waals surface area contributed by atoms with Gasteiger partial charge in [-0.25, -0.2) is 0 Å². The molecule has 1 rings (SSSR count). The van der Waals surface area contributed by atoms with E-state index in [-0.39, 0.29) is 11.8 Å². The van der Waals surface area contributed by atoms with E-state index in [0.717, 1.165) is 15.8 Å². The summed E-state index contributed by atoms with van der Waals surface area (Å²) in [5.74, 6) is -0.221. The second-order valence-electron chi connectivity index (χ2n) is 4.36. The van der Waals surface area contributed by atoms with Crippen molar-refractivity contribution in [3.8, 4) is 5.75 Å². The second-order valence-corrected chi connectivity index (χ2v) is 5.22. The molecule has 0 fully saturated rings. The molecule has 1 aromatic carbocycles. The predicted molar refractivity (Wildman–Crippen MR) is 70.4 cm³/mol. The maximum atomic E-state index is 11.1. The van der Waals surface area contributed by atoms with Crippen molar-refractivity contribution in [1.29, 1.82) is 0 Å².